The summed E-state index contributed by atoms with van der Waals surface area (Å²) in [5.41, 5.74) is 2.59. The normalized spacial score (nSPS) is 24.0. The van der Waals surface area contributed by atoms with E-state index in [1.807, 2.05) is 29.7 Å². The number of carbonyl (C=O) groups is 2. The van der Waals surface area contributed by atoms with Gasteiger partial charge in [0.2, 0.25) is 5.91 Å². The van der Waals surface area contributed by atoms with Crippen molar-refractivity contribution in [2.75, 3.05) is 19.6 Å². The van der Waals surface area contributed by atoms with Crippen molar-refractivity contribution >= 4 is 11.8 Å². The zero-order chi connectivity index (χ0) is 18.4. The van der Waals surface area contributed by atoms with Gasteiger partial charge in [-0.1, -0.05) is 0 Å². The van der Waals surface area contributed by atoms with E-state index >= 15 is 0 Å². The Morgan fingerprint density at radius 1 is 1.24 bits per heavy atom. The van der Waals surface area contributed by atoms with Crippen LogP contribution in [0.5, 0.6) is 0 Å². The maximum absolute atomic E-state index is 13.1. The van der Waals surface area contributed by atoms with Crippen LogP contribution in [-0.4, -0.2) is 51.9 Å². The van der Waals surface area contributed by atoms with Gasteiger partial charge in [0.15, 0.2) is 0 Å². The highest BCUT2D eigenvalue weighted by atomic mass is 16.2. The second-order valence-electron chi connectivity index (χ2n) is 7.98. The maximum atomic E-state index is 13.1. The fourth-order valence-corrected chi connectivity index (χ4v) is 4.69. The lowest BCUT2D eigenvalue weighted by Crippen LogP contribution is -2.52. The minimum absolute atomic E-state index is 0.0825. The second-order valence-corrected chi connectivity index (χ2v) is 7.98. The number of piperidine rings is 1. The van der Waals surface area contributed by atoms with Crippen molar-refractivity contribution in [2.45, 2.75) is 66.5 Å². The van der Waals surface area contributed by atoms with E-state index in [-0.39, 0.29) is 23.3 Å². The third-order valence-electron chi connectivity index (χ3n) is 6.15. The molecule has 1 spiro atoms. The third-order valence-corrected chi connectivity index (χ3v) is 6.15. The number of amides is 2. The van der Waals surface area contributed by atoms with Crippen molar-refractivity contribution < 1.29 is 9.59 Å². The second kappa shape index (κ2) is 6.50. The molecule has 1 aromatic rings. The number of hydrogen-bond donors (Lipinski definition) is 0. The summed E-state index contributed by atoms with van der Waals surface area (Å²) in [6.07, 6.45) is 2.75. The number of carbonyl (C=O) groups excluding carboxylic acids is 2. The lowest BCUT2D eigenvalue weighted by molar-refractivity contribution is -0.147. The Bertz CT molecular complexity index is 691. The number of hydrogen-bond acceptors (Lipinski definition) is 2. The van der Waals surface area contributed by atoms with E-state index in [1.54, 1.807) is 0 Å². The molecule has 0 aliphatic carbocycles. The zero-order valence-corrected chi connectivity index (χ0v) is 16.3. The van der Waals surface area contributed by atoms with Crippen LogP contribution in [0.4, 0.5) is 0 Å². The van der Waals surface area contributed by atoms with Gasteiger partial charge in [0.25, 0.3) is 5.91 Å². The summed E-state index contributed by atoms with van der Waals surface area (Å²) in [7, 11) is 0. The molecule has 5 heteroatoms. The number of aromatic nitrogens is 1. The van der Waals surface area contributed by atoms with Crippen LogP contribution in [0.15, 0.2) is 6.07 Å². The predicted molar refractivity (Wildman–Crippen MR) is 98.6 cm³/mol. The molecule has 1 atom stereocenters. The first-order chi connectivity index (χ1) is 11.8. The molecule has 25 heavy (non-hydrogen) atoms. The standard InChI is InChI=1S/C20H31N3O2/c1-6-22-15(4)12-17(16(22)5)18(24)21-11-9-20(13-21)8-7-10-23(14(2)3)19(20)25/h12,14H,6-11,13H2,1-5H3/t20-/m0/s1. The van der Waals surface area contributed by atoms with Gasteiger partial charge in [-0.15, -0.1) is 0 Å². The Morgan fingerprint density at radius 2 is 1.96 bits per heavy atom. The molecule has 0 aromatic carbocycles. The number of rotatable bonds is 3. The molecule has 2 amide bonds. The minimum atomic E-state index is -0.353. The lowest BCUT2D eigenvalue weighted by atomic mass is 9.78. The SMILES string of the molecule is CCn1c(C)cc(C(=O)N2CC[C@@]3(CCCN(C(C)C)C3=O)C2)c1C. The largest absolute Gasteiger partial charge is 0.349 e. The van der Waals surface area contributed by atoms with Crippen molar-refractivity contribution in [1.82, 2.24) is 14.4 Å². The summed E-state index contributed by atoms with van der Waals surface area (Å²) < 4.78 is 2.17. The molecule has 138 valence electrons. The Balaban J connectivity index is 1.81. The molecule has 0 N–H and O–H groups in total. The highest BCUT2D eigenvalue weighted by Crippen LogP contribution is 2.41. The van der Waals surface area contributed by atoms with Gasteiger partial charge in [0.05, 0.1) is 11.0 Å². The van der Waals surface area contributed by atoms with Crippen LogP contribution in [0.25, 0.3) is 0 Å². The molecule has 2 saturated heterocycles. The van der Waals surface area contributed by atoms with Gasteiger partial charge in [0, 0.05) is 43.6 Å². The first kappa shape index (κ1) is 18.0. The molecular formula is C20H31N3O2. The molecular weight excluding hydrogens is 314 g/mol. The highest BCUT2D eigenvalue weighted by Gasteiger charge is 2.50. The summed E-state index contributed by atoms with van der Waals surface area (Å²) in [5.74, 6) is 0.335. The van der Waals surface area contributed by atoms with Crippen molar-refractivity contribution in [3.05, 3.63) is 23.0 Å². The maximum Gasteiger partial charge on any atom is 0.255 e. The molecule has 0 bridgehead atoms. The van der Waals surface area contributed by atoms with Crippen LogP contribution in [0.2, 0.25) is 0 Å². The molecule has 0 radical (unpaired) electrons. The van der Waals surface area contributed by atoms with Gasteiger partial charge in [-0.2, -0.15) is 0 Å². The van der Waals surface area contributed by atoms with Gasteiger partial charge < -0.3 is 14.4 Å². The summed E-state index contributed by atoms with van der Waals surface area (Å²) in [5, 5.41) is 0. The molecule has 3 heterocycles. The monoisotopic (exact) mass is 345 g/mol. The van der Waals surface area contributed by atoms with Crippen LogP contribution >= 0.6 is 0 Å². The molecule has 0 saturated carbocycles. The first-order valence-electron chi connectivity index (χ1n) is 9.58. The van der Waals surface area contributed by atoms with E-state index in [4.69, 9.17) is 0 Å². The molecule has 1 aromatic heterocycles. The molecule has 0 unspecified atom stereocenters. The number of likely N-dealkylation sites (tertiary alicyclic amines) is 2. The van der Waals surface area contributed by atoms with Crippen LogP contribution < -0.4 is 0 Å². The Morgan fingerprint density at radius 3 is 2.56 bits per heavy atom. The molecule has 2 aliphatic rings. The first-order valence-corrected chi connectivity index (χ1v) is 9.58. The van der Waals surface area contributed by atoms with Gasteiger partial charge in [-0.05, 0) is 59.9 Å². The Hall–Kier alpha value is -1.78. The van der Waals surface area contributed by atoms with E-state index in [1.165, 1.54) is 0 Å². The van der Waals surface area contributed by atoms with Crippen LogP contribution in [-0.2, 0) is 11.3 Å². The van der Waals surface area contributed by atoms with E-state index in [0.29, 0.717) is 13.1 Å². The van der Waals surface area contributed by atoms with Gasteiger partial charge >= 0.3 is 0 Å². The molecule has 5 nitrogen and oxygen atoms in total. The third kappa shape index (κ3) is 2.87. The minimum Gasteiger partial charge on any atom is -0.349 e. The van der Waals surface area contributed by atoms with Crippen molar-refractivity contribution in [3.8, 4) is 0 Å². The average Bonchev–Trinajstić information content (AvgIpc) is 3.11. The number of aryl methyl sites for hydroxylation is 1. The van der Waals surface area contributed by atoms with Gasteiger partial charge in [-0.3, -0.25) is 9.59 Å². The van der Waals surface area contributed by atoms with E-state index in [9.17, 15) is 9.59 Å². The van der Waals surface area contributed by atoms with E-state index in [0.717, 1.165) is 49.3 Å². The topological polar surface area (TPSA) is 45.6 Å². The Kier molecular flexibility index (Phi) is 4.69. The summed E-state index contributed by atoms with van der Waals surface area (Å²) in [6.45, 7) is 13.3. The van der Waals surface area contributed by atoms with Gasteiger partial charge in [0.1, 0.15) is 0 Å². The molecule has 2 aliphatic heterocycles. The quantitative estimate of drug-likeness (QED) is 0.845. The smallest absolute Gasteiger partial charge is 0.255 e. The number of nitrogens with zero attached hydrogens (tertiary/aromatic N) is 3. The molecule has 2 fully saturated rings. The van der Waals surface area contributed by atoms with E-state index < -0.39 is 0 Å². The molecule has 3 rings (SSSR count). The van der Waals surface area contributed by atoms with Crippen molar-refractivity contribution in [1.29, 1.82) is 0 Å². The Labute approximate surface area is 151 Å². The summed E-state index contributed by atoms with van der Waals surface area (Å²) >= 11 is 0. The van der Waals surface area contributed by atoms with Crippen molar-refractivity contribution in [3.63, 3.8) is 0 Å². The van der Waals surface area contributed by atoms with Gasteiger partial charge in [-0.25, -0.2) is 0 Å². The van der Waals surface area contributed by atoms with Crippen LogP contribution in [0.1, 0.15) is 61.8 Å². The predicted octanol–water partition coefficient (Wildman–Crippen LogP) is 2.99. The van der Waals surface area contributed by atoms with E-state index in [2.05, 4.69) is 25.3 Å². The van der Waals surface area contributed by atoms with Crippen LogP contribution in [0, 0.1) is 19.3 Å². The average molecular weight is 345 g/mol. The summed E-state index contributed by atoms with van der Waals surface area (Å²) in [4.78, 5) is 30.0. The fourth-order valence-electron chi connectivity index (χ4n) is 4.69. The fraction of sp³-hybridized carbons (Fsp3) is 0.700. The zero-order valence-electron chi connectivity index (χ0n) is 16.3. The van der Waals surface area contributed by atoms with Crippen molar-refractivity contribution in [2.24, 2.45) is 5.41 Å². The highest BCUT2D eigenvalue weighted by molar-refractivity contribution is 5.97. The lowest BCUT2D eigenvalue weighted by Gasteiger charge is -2.41. The van der Waals surface area contributed by atoms with Crippen LogP contribution in [0.3, 0.4) is 0 Å². The summed E-state index contributed by atoms with van der Waals surface area (Å²) in [6, 6.07) is 2.23.